The highest BCUT2D eigenvalue weighted by Gasteiger charge is 2.29. The summed E-state index contributed by atoms with van der Waals surface area (Å²) >= 11 is 8.44. The maximum Gasteiger partial charge on any atom is 0.0785 e. The molecular formula is C6H9NS3. The van der Waals surface area contributed by atoms with E-state index in [9.17, 15) is 0 Å². The van der Waals surface area contributed by atoms with E-state index in [1.54, 1.807) is 0 Å². The van der Waals surface area contributed by atoms with Gasteiger partial charge in [0, 0.05) is 11.5 Å². The first-order valence-corrected chi connectivity index (χ1v) is 5.46. The van der Waals surface area contributed by atoms with Crippen molar-refractivity contribution in [2.75, 3.05) is 18.1 Å². The third kappa shape index (κ3) is 2.27. The van der Waals surface area contributed by atoms with Crippen molar-refractivity contribution in [1.29, 1.82) is 0 Å². The molecular weight excluding hydrogens is 182 g/mol. The molecule has 0 aliphatic carbocycles. The molecule has 0 atom stereocenters. The minimum atomic E-state index is 0.284. The summed E-state index contributed by atoms with van der Waals surface area (Å²) in [5.74, 6) is 2.49. The molecule has 0 aromatic rings. The molecule has 56 valence electrons. The molecule has 4 heteroatoms. The van der Waals surface area contributed by atoms with Crippen molar-refractivity contribution < 1.29 is 0 Å². The summed E-state index contributed by atoms with van der Waals surface area (Å²) in [5.41, 5.74) is 0. The molecule has 0 amide bonds. The smallest absolute Gasteiger partial charge is 0.0785 e. The second-order valence-corrected chi connectivity index (χ2v) is 5.88. The van der Waals surface area contributed by atoms with Crippen LogP contribution in [-0.4, -0.2) is 27.3 Å². The molecule has 1 aliphatic rings. The molecule has 0 N–H and O–H groups in total. The number of aliphatic imine (C=N–C) groups is 1. The van der Waals surface area contributed by atoms with E-state index in [2.05, 4.69) is 29.3 Å². The molecule has 0 radical (unpaired) electrons. The summed E-state index contributed by atoms with van der Waals surface area (Å²) in [5, 5.41) is 2.40. The molecule has 0 unspecified atom stereocenters. The van der Waals surface area contributed by atoms with Gasteiger partial charge in [0.2, 0.25) is 0 Å². The minimum Gasteiger partial charge on any atom is -0.230 e. The molecule has 0 saturated carbocycles. The zero-order chi connectivity index (χ0) is 7.45. The normalized spacial score (nSPS) is 22.1. The minimum absolute atomic E-state index is 0.284. The van der Waals surface area contributed by atoms with Crippen molar-refractivity contribution in [2.24, 2.45) is 4.99 Å². The Labute approximate surface area is 75.1 Å². The SMILES string of the molecule is CC1(CN=C=S)SCCS1. The highest BCUT2D eigenvalue weighted by atomic mass is 32.2. The molecule has 0 bridgehead atoms. The number of nitrogens with zero attached hydrogens (tertiary/aromatic N) is 1. The molecule has 1 rings (SSSR count). The summed E-state index contributed by atoms with van der Waals surface area (Å²) in [4.78, 5) is 3.95. The van der Waals surface area contributed by atoms with Crippen LogP contribution in [0, 0.1) is 0 Å². The number of hydrogen-bond acceptors (Lipinski definition) is 4. The van der Waals surface area contributed by atoms with E-state index in [-0.39, 0.29) is 4.08 Å². The van der Waals surface area contributed by atoms with Crippen LogP contribution in [0.1, 0.15) is 6.92 Å². The van der Waals surface area contributed by atoms with Gasteiger partial charge in [0.1, 0.15) is 0 Å². The molecule has 1 nitrogen and oxygen atoms in total. The molecule has 1 fully saturated rings. The first kappa shape index (κ1) is 8.60. The lowest BCUT2D eigenvalue weighted by molar-refractivity contribution is 0.907. The summed E-state index contributed by atoms with van der Waals surface area (Å²) < 4.78 is 0.284. The first-order chi connectivity index (χ1) is 4.77. The highest BCUT2D eigenvalue weighted by molar-refractivity contribution is 8.21. The van der Waals surface area contributed by atoms with Crippen LogP contribution < -0.4 is 0 Å². The van der Waals surface area contributed by atoms with E-state index in [1.165, 1.54) is 11.5 Å². The lowest BCUT2D eigenvalue weighted by Crippen LogP contribution is -2.14. The highest BCUT2D eigenvalue weighted by Crippen LogP contribution is 2.43. The fraction of sp³-hybridized carbons (Fsp3) is 0.833. The van der Waals surface area contributed by atoms with Crippen molar-refractivity contribution in [2.45, 2.75) is 11.0 Å². The van der Waals surface area contributed by atoms with Crippen molar-refractivity contribution in [1.82, 2.24) is 0 Å². The lowest BCUT2D eigenvalue weighted by Gasteiger charge is -2.17. The van der Waals surface area contributed by atoms with E-state index in [0.717, 1.165) is 6.54 Å². The molecule has 10 heavy (non-hydrogen) atoms. The van der Waals surface area contributed by atoms with Gasteiger partial charge < -0.3 is 0 Å². The van der Waals surface area contributed by atoms with Gasteiger partial charge in [0.05, 0.1) is 15.8 Å². The van der Waals surface area contributed by atoms with Crippen molar-refractivity contribution in [3.8, 4) is 0 Å². The third-order valence-electron chi connectivity index (χ3n) is 1.33. The van der Waals surface area contributed by atoms with Gasteiger partial charge in [-0.05, 0) is 19.1 Å². The molecule has 1 saturated heterocycles. The van der Waals surface area contributed by atoms with Gasteiger partial charge in [-0.1, -0.05) is 0 Å². The van der Waals surface area contributed by atoms with Crippen LogP contribution in [0.2, 0.25) is 0 Å². The second-order valence-electron chi connectivity index (χ2n) is 2.24. The predicted octanol–water partition coefficient (Wildman–Crippen LogP) is 2.29. The van der Waals surface area contributed by atoms with E-state index >= 15 is 0 Å². The number of rotatable bonds is 2. The topological polar surface area (TPSA) is 12.4 Å². The standard InChI is InChI=1S/C6H9NS3/c1-6(4-7-5-8)9-2-3-10-6/h2-4H2,1H3. The molecule has 0 aromatic heterocycles. The number of thioether (sulfide) groups is 2. The number of hydrogen-bond donors (Lipinski definition) is 0. The lowest BCUT2D eigenvalue weighted by atomic mass is 10.5. The van der Waals surface area contributed by atoms with Crippen LogP contribution in [0.5, 0.6) is 0 Å². The predicted molar refractivity (Wildman–Crippen MR) is 53.2 cm³/mol. The Bertz CT molecular complexity index is 156. The summed E-state index contributed by atoms with van der Waals surface area (Å²) in [6.45, 7) is 3.03. The zero-order valence-electron chi connectivity index (χ0n) is 5.79. The van der Waals surface area contributed by atoms with Gasteiger partial charge in [-0.25, -0.2) is 4.99 Å². The second kappa shape index (κ2) is 3.77. The Morgan fingerprint density at radius 1 is 1.60 bits per heavy atom. The van der Waals surface area contributed by atoms with E-state index in [0.29, 0.717) is 0 Å². The largest absolute Gasteiger partial charge is 0.230 e. The molecule has 0 spiro atoms. The van der Waals surface area contributed by atoms with Gasteiger partial charge in [-0.15, -0.1) is 23.5 Å². The average molecular weight is 191 g/mol. The molecule has 0 aromatic carbocycles. The van der Waals surface area contributed by atoms with Crippen LogP contribution in [0.15, 0.2) is 4.99 Å². The van der Waals surface area contributed by atoms with Crippen molar-refractivity contribution >= 4 is 40.9 Å². The maximum atomic E-state index is 4.50. The quantitative estimate of drug-likeness (QED) is 0.491. The number of isothiocyanates is 1. The Morgan fingerprint density at radius 3 is 2.70 bits per heavy atom. The van der Waals surface area contributed by atoms with E-state index in [1.807, 2.05) is 23.5 Å². The maximum absolute atomic E-state index is 4.50. The van der Waals surface area contributed by atoms with Gasteiger partial charge in [0.25, 0.3) is 0 Å². The Kier molecular flexibility index (Phi) is 3.24. The van der Waals surface area contributed by atoms with Gasteiger partial charge in [0.15, 0.2) is 0 Å². The molecule has 1 aliphatic heterocycles. The van der Waals surface area contributed by atoms with Gasteiger partial charge in [-0.3, -0.25) is 0 Å². The average Bonchev–Trinajstić information content (AvgIpc) is 2.33. The number of thiocarbonyl (C=S) groups is 1. The Balaban J connectivity index is 2.42. The van der Waals surface area contributed by atoms with Gasteiger partial charge in [-0.2, -0.15) is 0 Å². The third-order valence-corrected chi connectivity index (χ3v) is 4.72. The van der Waals surface area contributed by atoms with E-state index < -0.39 is 0 Å². The summed E-state index contributed by atoms with van der Waals surface area (Å²) in [6, 6.07) is 0. The fourth-order valence-corrected chi connectivity index (χ4v) is 3.56. The van der Waals surface area contributed by atoms with Crippen LogP contribution in [0.25, 0.3) is 0 Å². The molecule has 1 heterocycles. The van der Waals surface area contributed by atoms with Crippen LogP contribution in [-0.2, 0) is 0 Å². The summed E-state index contributed by atoms with van der Waals surface area (Å²) in [7, 11) is 0. The van der Waals surface area contributed by atoms with Crippen molar-refractivity contribution in [3.63, 3.8) is 0 Å². The fourth-order valence-electron chi connectivity index (χ4n) is 0.824. The van der Waals surface area contributed by atoms with Crippen LogP contribution >= 0.6 is 35.7 Å². The summed E-state index contributed by atoms with van der Waals surface area (Å²) in [6.07, 6.45) is 0. The van der Waals surface area contributed by atoms with Crippen molar-refractivity contribution in [3.05, 3.63) is 0 Å². The monoisotopic (exact) mass is 191 g/mol. The zero-order valence-corrected chi connectivity index (χ0v) is 8.24. The van der Waals surface area contributed by atoms with Crippen LogP contribution in [0.3, 0.4) is 0 Å². The van der Waals surface area contributed by atoms with Crippen LogP contribution in [0.4, 0.5) is 0 Å². The van der Waals surface area contributed by atoms with Gasteiger partial charge >= 0.3 is 0 Å². The van der Waals surface area contributed by atoms with E-state index in [4.69, 9.17) is 0 Å². The first-order valence-electron chi connectivity index (χ1n) is 3.08. The Hall–Kier alpha value is 0.500. The Morgan fingerprint density at radius 2 is 2.20 bits per heavy atom.